The molecule has 1 aromatic heterocycles. The first kappa shape index (κ1) is 19.8. The summed E-state index contributed by atoms with van der Waals surface area (Å²) in [6.45, 7) is 4.82. The lowest BCUT2D eigenvalue weighted by Crippen LogP contribution is -2.39. The van der Waals surface area contributed by atoms with Crippen LogP contribution in [0.15, 0.2) is 41.6 Å². The number of aromatic nitrogens is 1. The quantitative estimate of drug-likeness (QED) is 0.833. The molecule has 1 aliphatic rings. The first-order valence-electron chi connectivity index (χ1n) is 8.48. The lowest BCUT2D eigenvalue weighted by atomic mass is 9.90. The van der Waals surface area contributed by atoms with Crippen molar-refractivity contribution in [2.45, 2.75) is 31.3 Å². The molecular formula is C19H21ClFN3O2S. The number of carbonyl (C=O) groups is 1. The van der Waals surface area contributed by atoms with Gasteiger partial charge in [0.25, 0.3) is 0 Å². The van der Waals surface area contributed by atoms with Crippen LogP contribution in [0, 0.1) is 11.2 Å². The van der Waals surface area contributed by atoms with E-state index in [0.29, 0.717) is 29.4 Å². The van der Waals surface area contributed by atoms with Gasteiger partial charge >= 0.3 is 0 Å². The molecule has 1 amide bonds. The van der Waals surface area contributed by atoms with Gasteiger partial charge in [0.15, 0.2) is 0 Å². The highest BCUT2D eigenvalue weighted by atomic mass is 35.5. The van der Waals surface area contributed by atoms with Crippen LogP contribution in [0.2, 0.25) is 5.02 Å². The summed E-state index contributed by atoms with van der Waals surface area (Å²) in [7, 11) is -1.23. The van der Waals surface area contributed by atoms with Crippen LogP contribution in [0.4, 0.5) is 15.8 Å². The molecule has 0 aliphatic carbocycles. The second kappa shape index (κ2) is 7.56. The first-order chi connectivity index (χ1) is 12.7. The largest absolute Gasteiger partial charge is 0.359 e. The number of benzene rings is 1. The molecule has 3 rings (SSSR count). The molecule has 1 aliphatic heterocycles. The SMILES string of the molecule is CS(=O)c1cc(NC(=O)C2CC(C)(C)CN2c2ccc(F)c(Cl)c2)ccn1. The van der Waals surface area contributed by atoms with E-state index in [1.54, 1.807) is 24.3 Å². The third kappa shape index (κ3) is 4.47. The summed E-state index contributed by atoms with van der Waals surface area (Å²) in [5.74, 6) is -0.670. The number of halogens is 2. The molecule has 1 saturated heterocycles. The van der Waals surface area contributed by atoms with Crippen molar-refractivity contribution in [2.75, 3.05) is 23.0 Å². The molecule has 1 aromatic carbocycles. The van der Waals surface area contributed by atoms with Gasteiger partial charge in [-0.2, -0.15) is 0 Å². The van der Waals surface area contributed by atoms with E-state index in [2.05, 4.69) is 24.1 Å². The fourth-order valence-corrected chi connectivity index (χ4v) is 3.99. The number of pyridine rings is 1. The van der Waals surface area contributed by atoms with E-state index < -0.39 is 22.7 Å². The Morgan fingerprint density at radius 1 is 1.37 bits per heavy atom. The lowest BCUT2D eigenvalue weighted by Gasteiger charge is -2.26. The summed E-state index contributed by atoms with van der Waals surface area (Å²) < 4.78 is 25.1. The van der Waals surface area contributed by atoms with E-state index in [4.69, 9.17) is 11.6 Å². The summed E-state index contributed by atoms with van der Waals surface area (Å²) >= 11 is 5.93. The van der Waals surface area contributed by atoms with Gasteiger partial charge in [-0.1, -0.05) is 25.4 Å². The van der Waals surface area contributed by atoms with E-state index in [-0.39, 0.29) is 16.3 Å². The molecule has 1 fully saturated rings. The third-order valence-electron chi connectivity index (χ3n) is 4.55. The maximum absolute atomic E-state index is 13.5. The standard InChI is InChI=1S/C19H21ClFN3O2S/c1-19(2)10-16(24(11-19)13-4-5-15(21)14(20)9-13)18(25)23-12-6-7-22-17(8-12)27(3)26/h4-9,16H,10-11H2,1-3H3,(H,22,23,25). The Bertz CT molecular complexity index is 906. The smallest absolute Gasteiger partial charge is 0.247 e. The molecule has 0 spiro atoms. The Labute approximate surface area is 165 Å². The van der Waals surface area contributed by atoms with Gasteiger partial charge < -0.3 is 10.2 Å². The molecule has 1 N–H and O–H groups in total. The van der Waals surface area contributed by atoms with Gasteiger partial charge in [0.2, 0.25) is 5.91 Å². The molecule has 2 heterocycles. The molecule has 0 saturated carbocycles. The van der Waals surface area contributed by atoms with E-state index in [1.165, 1.54) is 18.5 Å². The molecule has 27 heavy (non-hydrogen) atoms. The highest BCUT2D eigenvalue weighted by Gasteiger charge is 2.41. The molecule has 2 atom stereocenters. The Balaban J connectivity index is 1.85. The monoisotopic (exact) mass is 409 g/mol. The van der Waals surface area contributed by atoms with Crippen molar-refractivity contribution in [3.05, 3.63) is 47.4 Å². The third-order valence-corrected chi connectivity index (χ3v) is 5.66. The van der Waals surface area contributed by atoms with Crippen molar-refractivity contribution in [1.82, 2.24) is 4.98 Å². The topological polar surface area (TPSA) is 62.3 Å². The van der Waals surface area contributed by atoms with E-state index >= 15 is 0 Å². The van der Waals surface area contributed by atoms with Crippen molar-refractivity contribution in [2.24, 2.45) is 5.41 Å². The number of anilines is 2. The van der Waals surface area contributed by atoms with Crippen LogP contribution in [0.25, 0.3) is 0 Å². The van der Waals surface area contributed by atoms with Crippen LogP contribution in [-0.2, 0) is 15.6 Å². The van der Waals surface area contributed by atoms with Gasteiger partial charge in [-0.15, -0.1) is 0 Å². The number of carbonyl (C=O) groups excluding carboxylic acids is 1. The maximum Gasteiger partial charge on any atom is 0.247 e. The van der Waals surface area contributed by atoms with Crippen molar-refractivity contribution < 1.29 is 13.4 Å². The van der Waals surface area contributed by atoms with Gasteiger partial charge in [-0.05, 0) is 42.2 Å². The average molecular weight is 410 g/mol. The second-order valence-corrected chi connectivity index (χ2v) is 9.17. The van der Waals surface area contributed by atoms with Crippen LogP contribution in [-0.4, -0.2) is 33.9 Å². The number of amides is 1. The minimum atomic E-state index is -1.23. The molecule has 5 nitrogen and oxygen atoms in total. The second-order valence-electron chi connectivity index (χ2n) is 7.44. The van der Waals surface area contributed by atoms with Crippen molar-refractivity contribution in [1.29, 1.82) is 0 Å². The average Bonchev–Trinajstić information content (AvgIpc) is 2.93. The minimum absolute atomic E-state index is 0.0283. The number of hydrogen-bond donors (Lipinski definition) is 1. The molecular weight excluding hydrogens is 389 g/mol. The Kier molecular flexibility index (Phi) is 5.53. The van der Waals surface area contributed by atoms with Crippen LogP contribution in [0.1, 0.15) is 20.3 Å². The fraction of sp³-hybridized carbons (Fsp3) is 0.368. The number of rotatable bonds is 4. The molecule has 0 bridgehead atoms. The predicted molar refractivity (Wildman–Crippen MR) is 106 cm³/mol. The van der Waals surface area contributed by atoms with Crippen LogP contribution in [0.3, 0.4) is 0 Å². The Morgan fingerprint density at radius 3 is 2.78 bits per heavy atom. The zero-order valence-electron chi connectivity index (χ0n) is 15.3. The highest BCUT2D eigenvalue weighted by molar-refractivity contribution is 7.84. The maximum atomic E-state index is 13.5. The van der Waals surface area contributed by atoms with Gasteiger partial charge in [0, 0.05) is 30.4 Å². The van der Waals surface area contributed by atoms with Crippen LogP contribution < -0.4 is 10.2 Å². The minimum Gasteiger partial charge on any atom is -0.359 e. The van der Waals surface area contributed by atoms with E-state index in [9.17, 15) is 13.4 Å². The zero-order chi connectivity index (χ0) is 19.8. The molecule has 2 unspecified atom stereocenters. The zero-order valence-corrected chi connectivity index (χ0v) is 16.9. The number of nitrogens with zero attached hydrogens (tertiary/aromatic N) is 2. The van der Waals surface area contributed by atoms with E-state index in [1.807, 2.05) is 4.90 Å². The van der Waals surface area contributed by atoms with Crippen molar-refractivity contribution >= 4 is 39.7 Å². The number of hydrogen-bond acceptors (Lipinski definition) is 4. The van der Waals surface area contributed by atoms with Gasteiger partial charge in [-0.25, -0.2) is 9.37 Å². The van der Waals surface area contributed by atoms with E-state index in [0.717, 1.165) is 0 Å². The molecule has 0 radical (unpaired) electrons. The Hall–Kier alpha value is -1.99. The number of nitrogens with one attached hydrogen (secondary N) is 1. The molecule has 8 heteroatoms. The van der Waals surface area contributed by atoms with Gasteiger partial charge in [0.05, 0.1) is 15.8 Å². The van der Waals surface area contributed by atoms with Crippen LogP contribution in [0.5, 0.6) is 0 Å². The van der Waals surface area contributed by atoms with Crippen LogP contribution >= 0.6 is 11.6 Å². The summed E-state index contributed by atoms with van der Waals surface area (Å²) in [6, 6.07) is 7.33. The van der Waals surface area contributed by atoms with Gasteiger partial charge in [-0.3, -0.25) is 9.00 Å². The molecule has 144 valence electrons. The van der Waals surface area contributed by atoms with Gasteiger partial charge in [0.1, 0.15) is 16.9 Å². The molecule has 2 aromatic rings. The summed E-state index contributed by atoms with van der Waals surface area (Å²) in [5, 5.41) is 3.31. The van der Waals surface area contributed by atoms with Crippen molar-refractivity contribution in [3.63, 3.8) is 0 Å². The first-order valence-corrected chi connectivity index (χ1v) is 10.4. The normalized spacial score (nSPS) is 19.7. The van der Waals surface area contributed by atoms with Crippen molar-refractivity contribution in [3.8, 4) is 0 Å². The highest BCUT2D eigenvalue weighted by Crippen LogP contribution is 2.38. The summed E-state index contributed by atoms with van der Waals surface area (Å²) in [6.07, 6.45) is 3.70. The summed E-state index contributed by atoms with van der Waals surface area (Å²) in [5.41, 5.74) is 1.16. The Morgan fingerprint density at radius 2 is 2.11 bits per heavy atom. The fourth-order valence-electron chi connectivity index (χ4n) is 3.31. The summed E-state index contributed by atoms with van der Waals surface area (Å²) in [4.78, 5) is 18.9. The predicted octanol–water partition coefficient (Wildman–Crippen LogP) is 3.86. The lowest BCUT2D eigenvalue weighted by molar-refractivity contribution is -0.117.